The molecular formula is C17H25NO. The van der Waals surface area contributed by atoms with Crippen LogP contribution in [0.25, 0.3) is 0 Å². The molecule has 0 aromatic heterocycles. The van der Waals surface area contributed by atoms with Crippen LogP contribution in [0, 0.1) is 5.92 Å². The van der Waals surface area contributed by atoms with Gasteiger partial charge in [0.25, 0.3) is 0 Å². The maximum Gasteiger partial charge on any atom is 0.0459 e. The van der Waals surface area contributed by atoms with E-state index in [9.17, 15) is 5.11 Å². The molecule has 0 radical (unpaired) electrons. The molecule has 1 aromatic rings. The number of nitrogens with one attached hydrogen (secondary N) is 1. The first-order chi connectivity index (χ1) is 9.35. The van der Waals surface area contributed by atoms with Crippen molar-refractivity contribution in [3.8, 4) is 0 Å². The highest BCUT2D eigenvalue weighted by Crippen LogP contribution is 2.26. The zero-order valence-corrected chi connectivity index (χ0v) is 11.6. The number of hydrogen-bond donors (Lipinski definition) is 2. The summed E-state index contributed by atoms with van der Waals surface area (Å²) < 4.78 is 0. The van der Waals surface area contributed by atoms with E-state index in [-0.39, 0.29) is 0 Å². The summed E-state index contributed by atoms with van der Waals surface area (Å²) >= 11 is 0. The summed E-state index contributed by atoms with van der Waals surface area (Å²) in [6.07, 6.45) is 8.55. The molecule has 3 rings (SSSR count). The van der Waals surface area contributed by atoms with E-state index in [0.29, 0.717) is 24.6 Å². The van der Waals surface area contributed by atoms with E-state index in [0.717, 1.165) is 0 Å². The number of aliphatic hydroxyl groups excluding tert-OH is 1. The van der Waals surface area contributed by atoms with Crippen molar-refractivity contribution in [2.24, 2.45) is 5.92 Å². The fourth-order valence-corrected chi connectivity index (χ4v) is 3.69. The molecule has 0 saturated heterocycles. The van der Waals surface area contributed by atoms with Gasteiger partial charge in [-0.25, -0.2) is 0 Å². The number of hydrogen-bond acceptors (Lipinski definition) is 2. The fraction of sp³-hybridized carbons (Fsp3) is 0.647. The first kappa shape index (κ1) is 13.1. The Hall–Kier alpha value is -0.860. The standard InChI is InChI=1S/C17H25NO/c19-12-13-5-8-16(9-6-13)18-17-10-7-14-3-1-2-4-15(14)11-17/h1-4,13,16-19H,5-12H2/t13?,16?,17-/m0/s1. The number of fused-ring (bicyclic) bond motifs is 1. The largest absolute Gasteiger partial charge is 0.396 e. The smallest absolute Gasteiger partial charge is 0.0459 e. The second-order valence-corrected chi connectivity index (χ2v) is 6.28. The third-order valence-electron chi connectivity index (χ3n) is 4.92. The van der Waals surface area contributed by atoms with Crippen LogP contribution in [0.2, 0.25) is 0 Å². The van der Waals surface area contributed by atoms with Crippen LogP contribution in [0.5, 0.6) is 0 Å². The van der Waals surface area contributed by atoms with Gasteiger partial charge in [-0.15, -0.1) is 0 Å². The van der Waals surface area contributed by atoms with Crippen molar-refractivity contribution in [1.29, 1.82) is 0 Å². The van der Waals surface area contributed by atoms with Gasteiger partial charge in [-0.05, 0) is 62.0 Å². The van der Waals surface area contributed by atoms with Crippen molar-refractivity contribution >= 4 is 0 Å². The molecule has 104 valence electrons. The third kappa shape index (κ3) is 3.18. The average Bonchev–Trinajstić information content (AvgIpc) is 2.48. The summed E-state index contributed by atoms with van der Waals surface area (Å²) in [5.41, 5.74) is 3.08. The number of aliphatic hydroxyl groups is 1. The van der Waals surface area contributed by atoms with Crippen LogP contribution in [-0.2, 0) is 12.8 Å². The van der Waals surface area contributed by atoms with Crippen molar-refractivity contribution in [2.45, 2.75) is 57.0 Å². The van der Waals surface area contributed by atoms with Crippen molar-refractivity contribution in [2.75, 3.05) is 6.61 Å². The van der Waals surface area contributed by atoms with Crippen LogP contribution in [0.1, 0.15) is 43.2 Å². The Balaban J connectivity index is 1.52. The van der Waals surface area contributed by atoms with Crippen LogP contribution >= 0.6 is 0 Å². The summed E-state index contributed by atoms with van der Waals surface area (Å²) in [6, 6.07) is 10.2. The molecule has 2 N–H and O–H groups in total. The van der Waals surface area contributed by atoms with Crippen molar-refractivity contribution in [3.05, 3.63) is 35.4 Å². The molecule has 19 heavy (non-hydrogen) atoms. The van der Waals surface area contributed by atoms with Crippen LogP contribution < -0.4 is 5.32 Å². The molecule has 1 aromatic carbocycles. The summed E-state index contributed by atoms with van der Waals surface area (Å²) in [7, 11) is 0. The molecule has 0 unspecified atom stereocenters. The molecule has 1 fully saturated rings. The van der Waals surface area contributed by atoms with Gasteiger partial charge in [0.15, 0.2) is 0 Å². The van der Waals surface area contributed by atoms with Gasteiger partial charge >= 0.3 is 0 Å². The molecule has 0 amide bonds. The molecule has 2 aliphatic carbocycles. The van der Waals surface area contributed by atoms with E-state index >= 15 is 0 Å². The van der Waals surface area contributed by atoms with Gasteiger partial charge < -0.3 is 10.4 Å². The molecule has 2 nitrogen and oxygen atoms in total. The molecule has 0 aliphatic heterocycles. The second kappa shape index (κ2) is 6.06. The molecule has 1 atom stereocenters. The lowest BCUT2D eigenvalue weighted by Crippen LogP contribution is -2.43. The van der Waals surface area contributed by atoms with Gasteiger partial charge in [0, 0.05) is 18.7 Å². The fourth-order valence-electron chi connectivity index (χ4n) is 3.69. The minimum atomic E-state index is 0.378. The van der Waals surface area contributed by atoms with Crippen LogP contribution in [-0.4, -0.2) is 23.8 Å². The Bertz CT molecular complexity index is 409. The van der Waals surface area contributed by atoms with Crippen molar-refractivity contribution in [1.82, 2.24) is 5.32 Å². The summed E-state index contributed by atoms with van der Waals surface area (Å²) in [5, 5.41) is 13.0. The van der Waals surface area contributed by atoms with E-state index in [4.69, 9.17) is 0 Å². The van der Waals surface area contributed by atoms with E-state index < -0.39 is 0 Å². The zero-order valence-electron chi connectivity index (χ0n) is 11.6. The van der Waals surface area contributed by atoms with Crippen LogP contribution in [0.4, 0.5) is 0 Å². The maximum absolute atomic E-state index is 9.19. The van der Waals surface area contributed by atoms with Gasteiger partial charge in [0.2, 0.25) is 0 Å². The summed E-state index contributed by atoms with van der Waals surface area (Å²) in [5.74, 6) is 0.560. The highest BCUT2D eigenvalue weighted by molar-refractivity contribution is 5.30. The quantitative estimate of drug-likeness (QED) is 0.874. The Kier molecular flexibility index (Phi) is 4.19. The molecule has 0 heterocycles. The minimum Gasteiger partial charge on any atom is -0.396 e. The maximum atomic E-state index is 9.19. The third-order valence-corrected chi connectivity index (χ3v) is 4.92. The van der Waals surface area contributed by atoms with E-state index in [2.05, 4.69) is 29.6 Å². The lowest BCUT2D eigenvalue weighted by Gasteiger charge is -2.33. The predicted octanol–water partition coefficient (Wildman–Crippen LogP) is 2.68. The topological polar surface area (TPSA) is 32.3 Å². The number of aryl methyl sites for hydroxylation is 1. The molecule has 2 heteroatoms. The highest BCUT2D eigenvalue weighted by Gasteiger charge is 2.24. The molecule has 0 bridgehead atoms. The Morgan fingerprint density at radius 1 is 0.947 bits per heavy atom. The molecule has 2 aliphatic rings. The first-order valence-electron chi connectivity index (χ1n) is 7.79. The number of rotatable bonds is 3. The van der Waals surface area contributed by atoms with Gasteiger partial charge in [-0.2, -0.15) is 0 Å². The van der Waals surface area contributed by atoms with Gasteiger partial charge in [0.05, 0.1) is 0 Å². The number of benzene rings is 1. The lowest BCUT2D eigenvalue weighted by atomic mass is 9.84. The van der Waals surface area contributed by atoms with Crippen molar-refractivity contribution < 1.29 is 5.11 Å². The minimum absolute atomic E-state index is 0.378. The predicted molar refractivity (Wildman–Crippen MR) is 78.2 cm³/mol. The first-order valence-corrected chi connectivity index (χ1v) is 7.79. The Labute approximate surface area is 116 Å². The monoisotopic (exact) mass is 259 g/mol. The molecule has 0 spiro atoms. The van der Waals surface area contributed by atoms with Crippen molar-refractivity contribution in [3.63, 3.8) is 0 Å². The van der Waals surface area contributed by atoms with E-state index in [1.165, 1.54) is 50.5 Å². The molecular weight excluding hydrogens is 234 g/mol. The summed E-state index contributed by atoms with van der Waals surface area (Å²) in [4.78, 5) is 0. The van der Waals surface area contributed by atoms with Gasteiger partial charge in [-0.3, -0.25) is 0 Å². The summed E-state index contributed by atoms with van der Waals surface area (Å²) in [6.45, 7) is 0.378. The van der Waals surface area contributed by atoms with Gasteiger partial charge in [0.1, 0.15) is 0 Å². The van der Waals surface area contributed by atoms with Crippen LogP contribution in [0.3, 0.4) is 0 Å². The average molecular weight is 259 g/mol. The Morgan fingerprint density at radius 2 is 1.68 bits per heavy atom. The van der Waals surface area contributed by atoms with E-state index in [1.807, 2.05) is 0 Å². The van der Waals surface area contributed by atoms with Crippen LogP contribution in [0.15, 0.2) is 24.3 Å². The zero-order chi connectivity index (χ0) is 13.1. The normalized spacial score (nSPS) is 30.9. The highest BCUT2D eigenvalue weighted by atomic mass is 16.3. The SMILES string of the molecule is OCC1CCC(N[C@H]2CCc3ccccc3C2)CC1. The Morgan fingerprint density at radius 3 is 2.42 bits per heavy atom. The lowest BCUT2D eigenvalue weighted by molar-refractivity contribution is 0.170. The van der Waals surface area contributed by atoms with Gasteiger partial charge in [-0.1, -0.05) is 24.3 Å². The second-order valence-electron chi connectivity index (χ2n) is 6.28. The van der Waals surface area contributed by atoms with E-state index in [1.54, 1.807) is 5.56 Å². The molecule has 1 saturated carbocycles.